The van der Waals surface area contributed by atoms with Gasteiger partial charge in [-0.2, -0.15) is 0 Å². The molecule has 96 valence electrons. The third-order valence-electron chi connectivity index (χ3n) is 3.68. The first-order valence-electron chi connectivity index (χ1n) is 6.19. The lowest BCUT2D eigenvalue weighted by Crippen LogP contribution is -2.14. The molecule has 0 radical (unpaired) electrons. The van der Waals surface area contributed by atoms with Gasteiger partial charge in [0.25, 0.3) is 0 Å². The Kier molecular flexibility index (Phi) is 3.52. The maximum absolute atomic E-state index is 13.1. The van der Waals surface area contributed by atoms with Crippen LogP contribution < -0.4 is 5.32 Å². The fraction of sp³-hybridized carbons (Fsp3) is 0.692. The molecule has 0 amide bonds. The molecule has 1 heterocycles. The molecule has 1 aliphatic carbocycles. The van der Waals surface area contributed by atoms with Gasteiger partial charge >= 0.3 is 0 Å². The molecule has 0 spiro atoms. The van der Waals surface area contributed by atoms with E-state index in [1.165, 1.54) is 11.3 Å². The zero-order valence-electron chi connectivity index (χ0n) is 10.5. The van der Waals surface area contributed by atoms with Crippen molar-refractivity contribution in [3.05, 3.63) is 23.5 Å². The van der Waals surface area contributed by atoms with Crippen molar-refractivity contribution < 1.29 is 8.78 Å². The van der Waals surface area contributed by atoms with Crippen LogP contribution in [0.2, 0.25) is 0 Å². The minimum absolute atomic E-state index is 0.0476. The van der Waals surface area contributed by atoms with Crippen LogP contribution in [-0.4, -0.2) is 17.5 Å². The summed E-state index contributed by atoms with van der Waals surface area (Å²) in [6.07, 6.45) is 2.76. The van der Waals surface area contributed by atoms with Crippen LogP contribution in [0, 0.1) is 12.8 Å². The average Bonchev–Trinajstić information content (AvgIpc) is 2.76. The molecule has 0 bridgehead atoms. The second kappa shape index (κ2) is 4.77. The van der Waals surface area contributed by atoms with Gasteiger partial charge in [-0.1, -0.05) is 0 Å². The van der Waals surface area contributed by atoms with E-state index < -0.39 is 5.92 Å². The lowest BCUT2D eigenvalue weighted by atomic mass is 10.1. The van der Waals surface area contributed by atoms with Gasteiger partial charge in [-0.25, -0.2) is 8.78 Å². The lowest BCUT2D eigenvalue weighted by molar-refractivity contribution is 0.00434. The molecule has 1 aromatic rings. The molecule has 1 fully saturated rings. The molecule has 1 N–H and O–H groups in total. The molecular weight excluding hydrogens is 222 g/mol. The zero-order chi connectivity index (χ0) is 12.5. The van der Waals surface area contributed by atoms with Crippen LogP contribution in [0.15, 0.2) is 12.3 Å². The van der Waals surface area contributed by atoms with Crippen molar-refractivity contribution in [1.29, 1.82) is 0 Å². The predicted molar refractivity (Wildman–Crippen MR) is 64.2 cm³/mol. The molecule has 1 atom stereocenters. The summed E-state index contributed by atoms with van der Waals surface area (Å²) in [5, 5.41) is 3.11. The summed E-state index contributed by atoms with van der Waals surface area (Å²) in [6, 6.07) is 2.07. The standard InChI is InChI=1S/C13H20F2N2/c1-10-12(8-16-2)4-6-17(10)9-11-3-5-13(14,15)7-11/h4,6,11,16H,3,5,7-9H2,1-2H3. The molecule has 2 rings (SSSR count). The SMILES string of the molecule is CNCc1ccn(CC2CCC(F)(F)C2)c1C. The van der Waals surface area contributed by atoms with E-state index in [1.807, 2.05) is 13.2 Å². The molecule has 0 aromatic carbocycles. The number of rotatable bonds is 4. The van der Waals surface area contributed by atoms with Crippen molar-refractivity contribution >= 4 is 0 Å². The van der Waals surface area contributed by atoms with Gasteiger partial charge in [0.15, 0.2) is 0 Å². The van der Waals surface area contributed by atoms with Gasteiger partial charge in [0.05, 0.1) is 0 Å². The van der Waals surface area contributed by atoms with Crippen LogP contribution in [-0.2, 0) is 13.1 Å². The fourth-order valence-electron chi connectivity index (χ4n) is 2.65. The van der Waals surface area contributed by atoms with E-state index >= 15 is 0 Å². The maximum atomic E-state index is 13.1. The normalized spacial score (nSPS) is 23.2. The first kappa shape index (κ1) is 12.6. The third kappa shape index (κ3) is 2.86. The van der Waals surface area contributed by atoms with Crippen LogP contribution in [0.3, 0.4) is 0 Å². The summed E-state index contributed by atoms with van der Waals surface area (Å²) < 4.78 is 28.3. The highest BCUT2D eigenvalue weighted by molar-refractivity contribution is 5.21. The van der Waals surface area contributed by atoms with Crippen LogP contribution in [0.1, 0.15) is 30.5 Å². The monoisotopic (exact) mass is 242 g/mol. The van der Waals surface area contributed by atoms with E-state index in [1.54, 1.807) is 0 Å². The summed E-state index contributed by atoms with van der Waals surface area (Å²) in [6.45, 7) is 3.62. The van der Waals surface area contributed by atoms with Gasteiger partial charge in [-0.05, 0) is 37.9 Å². The molecule has 0 saturated heterocycles. The predicted octanol–water partition coefficient (Wildman–Crippen LogP) is 2.95. The van der Waals surface area contributed by atoms with Gasteiger partial charge in [-0.15, -0.1) is 0 Å². The number of nitrogens with one attached hydrogen (secondary N) is 1. The molecule has 2 nitrogen and oxygen atoms in total. The molecule has 1 unspecified atom stereocenters. The van der Waals surface area contributed by atoms with Crippen molar-refractivity contribution in [2.45, 2.75) is 45.2 Å². The molecule has 17 heavy (non-hydrogen) atoms. The van der Waals surface area contributed by atoms with E-state index in [4.69, 9.17) is 0 Å². The van der Waals surface area contributed by atoms with E-state index in [-0.39, 0.29) is 18.8 Å². The lowest BCUT2D eigenvalue weighted by Gasteiger charge is -2.13. The summed E-state index contributed by atoms with van der Waals surface area (Å²) in [7, 11) is 1.91. The van der Waals surface area contributed by atoms with Crippen LogP contribution in [0.5, 0.6) is 0 Å². The number of nitrogens with zero attached hydrogens (tertiary/aromatic N) is 1. The van der Waals surface area contributed by atoms with E-state index in [0.717, 1.165) is 13.1 Å². The molecule has 0 aliphatic heterocycles. The molecule has 1 aliphatic rings. The van der Waals surface area contributed by atoms with Gasteiger partial charge in [0, 0.05) is 37.8 Å². The number of halogens is 2. The average molecular weight is 242 g/mol. The third-order valence-corrected chi connectivity index (χ3v) is 3.68. The molecule has 4 heteroatoms. The number of hydrogen-bond donors (Lipinski definition) is 1. The zero-order valence-corrected chi connectivity index (χ0v) is 10.5. The number of alkyl halides is 2. The van der Waals surface area contributed by atoms with Gasteiger partial charge < -0.3 is 9.88 Å². The minimum atomic E-state index is -2.43. The summed E-state index contributed by atoms with van der Waals surface area (Å²) in [5.74, 6) is -2.31. The highest BCUT2D eigenvalue weighted by Gasteiger charge is 2.39. The summed E-state index contributed by atoms with van der Waals surface area (Å²) in [4.78, 5) is 0. The summed E-state index contributed by atoms with van der Waals surface area (Å²) >= 11 is 0. The van der Waals surface area contributed by atoms with E-state index in [2.05, 4.69) is 22.9 Å². The van der Waals surface area contributed by atoms with Gasteiger partial charge in [-0.3, -0.25) is 0 Å². The Morgan fingerprint density at radius 2 is 2.29 bits per heavy atom. The van der Waals surface area contributed by atoms with Crippen LogP contribution in [0.25, 0.3) is 0 Å². The van der Waals surface area contributed by atoms with E-state index in [9.17, 15) is 8.78 Å². The minimum Gasteiger partial charge on any atom is -0.351 e. The van der Waals surface area contributed by atoms with Gasteiger partial charge in [0.2, 0.25) is 5.92 Å². The Hall–Kier alpha value is -0.900. The maximum Gasteiger partial charge on any atom is 0.248 e. The Bertz CT molecular complexity index is 385. The Balaban J connectivity index is 2.00. The van der Waals surface area contributed by atoms with Crippen molar-refractivity contribution in [3.8, 4) is 0 Å². The van der Waals surface area contributed by atoms with Crippen LogP contribution in [0.4, 0.5) is 8.78 Å². The van der Waals surface area contributed by atoms with Crippen molar-refractivity contribution in [1.82, 2.24) is 9.88 Å². The Morgan fingerprint density at radius 1 is 1.53 bits per heavy atom. The van der Waals surface area contributed by atoms with Crippen molar-refractivity contribution in [3.63, 3.8) is 0 Å². The molecule has 1 aromatic heterocycles. The number of hydrogen-bond acceptors (Lipinski definition) is 1. The summed E-state index contributed by atoms with van der Waals surface area (Å²) in [5.41, 5.74) is 2.44. The van der Waals surface area contributed by atoms with Crippen molar-refractivity contribution in [2.24, 2.45) is 5.92 Å². The smallest absolute Gasteiger partial charge is 0.248 e. The first-order chi connectivity index (χ1) is 8.02. The highest BCUT2D eigenvalue weighted by atomic mass is 19.3. The Morgan fingerprint density at radius 3 is 2.88 bits per heavy atom. The highest BCUT2D eigenvalue weighted by Crippen LogP contribution is 2.39. The number of aromatic nitrogens is 1. The quantitative estimate of drug-likeness (QED) is 0.859. The van der Waals surface area contributed by atoms with Gasteiger partial charge in [0.1, 0.15) is 0 Å². The largest absolute Gasteiger partial charge is 0.351 e. The Labute approximate surface area is 101 Å². The topological polar surface area (TPSA) is 17.0 Å². The fourth-order valence-corrected chi connectivity index (χ4v) is 2.65. The second-order valence-corrected chi connectivity index (χ2v) is 5.07. The van der Waals surface area contributed by atoms with Crippen LogP contribution >= 0.6 is 0 Å². The van der Waals surface area contributed by atoms with E-state index in [0.29, 0.717) is 6.42 Å². The molecule has 1 saturated carbocycles. The molecular formula is C13H20F2N2. The van der Waals surface area contributed by atoms with Crippen molar-refractivity contribution in [2.75, 3.05) is 7.05 Å². The second-order valence-electron chi connectivity index (χ2n) is 5.07. The first-order valence-corrected chi connectivity index (χ1v) is 6.19.